The van der Waals surface area contributed by atoms with Crippen molar-refractivity contribution in [3.8, 4) is 0 Å². The summed E-state index contributed by atoms with van der Waals surface area (Å²) in [6.45, 7) is 7.74. The number of nitrogens with one attached hydrogen (secondary N) is 2. The Balaban J connectivity index is 2.79. The van der Waals surface area contributed by atoms with Crippen LogP contribution < -0.4 is 10.6 Å². The number of carbonyl (C=O) groups excluding carboxylic acids is 1. The number of anilines is 1. The van der Waals surface area contributed by atoms with Gasteiger partial charge in [-0.05, 0) is 30.4 Å². The van der Waals surface area contributed by atoms with Crippen molar-refractivity contribution in [3.63, 3.8) is 0 Å². The number of carbonyl (C=O) groups is 2. The minimum absolute atomic E-state index is 0.0503. The number of hydrogen-bond acceptors (Lipinski definition) is 2. The third-order valence-corrected chi connectivity index (χ3v) is 3.49. The average molecular weight is 292 g/mol. The Morgan fingerprint density at radius 2 is 1.95 bits per heavy atom. The molecule has 0 spiro atoms. The van der Waals surface area contributed by atoms with Crippen LogP contribution in [0.15, 0.2) is 18.2 Å². The van der Waals surface area contributed by atoms with Gasteiger partial charge >= 0.3 is 12.0 Å². The van der Waals surface area contributed by atoms with Gasteiger partial charge in [0.1, 0.15) is 0 Å². The summed E-state index contributed by atoms with van der Waals surface area (Å²) in [6, 6.07) is 5.11. The fourth-order valence-corrected chi connectivity index (χ4v) is 2.16. The first-order chi connectivity index (χ1) is 9.85. The molecule has 0 aromatic heterocycles. The van der Waals surface area contributed by atoms with E-state index in [1.165, 1.54) is 0 Å². The standard InChI is InChI=1S/C16H24N2O3/c1-5-12-8-6-7-11(4)15(12)18-16(21)17-13(10(2)3)9-14(19)20/h6-8,10,13H,5,9H2,1-4H3,(H,19,20)(H2,17,18,21). The van der Waals surface area contributed by atoms with Crippen molar-refractivity contribution in [2.75, 3.05) is 5.32 Å². The summed E-state index contributed by atoms with van der Waals surface area (Å²) in [7, 11) is 0. The lowest BCUT2D eigenvalue weighted by Crippen LogP contribution is -2.42. The summed E-state index contributed by atoms with van der Waals surface area (Å²) in [5, 5.41) is 14.5. The van der Waals surface area contributed by atoms with Crippen molar-refractivity contribution in [2.24, 2.45) is 5.92 Å². The van der Waals surface area contributed by atoms with Crippen LogP contribution >= 0.6 is 0 Å². The molecule has 0 aliphatic heterocycles. The zero-order valence-corrected chi connectivity index (χ0v) is 13.1. The fraction of sp³-hybridized carbons (Fsp3) is 0.500. The first-order valence-corrected chi connectivity index (χ1v) is 7.23. The van der Waals surface area contributed by atoms with Gasteiger partial charge in [-0.15, -0.1) is 0 Å². The molecule has 1 aromatic rings. The zero-order chi connectivity index (χ0) is 16.0. The van der Waals surface area contributed by atoms with Gasteiger partial charge in [-0.1, -0.05) is 39.0 Å². The second-order valence-corrected chi connectivity index (χ2v) is 5.51. The highest BCUT2D eigenvalue weighted by Crippen LogP contribution is 2.21. The van der Waals surface area contributed by atoms with E-state index >= 15 is 0 Å². The molecule has 1 unspecified atom stereocenters. The second-order valence-electron chi connectivity index (χ2n) is 5.51. The number of benzene rings is 1. The normalized spacial score (nSPS) is 12.0. The molecule has 5 heteroatoms. The maximum atomic E-state index is 12.1. The summed E-state index contributed by atoms with van der Waals surface area (Å²) in [5.41, 5.74) is 2.85. The van der Waals surface area contributed by atoms with E-state index < -0.39 is 12.0 Å². The number of carboxylic acids is 1. The van der Waals surface area contributed by atoms with Crippen molar-refractivity contribution in [3.05, 3.63) is 29.3 Å². The minimum atomic E-state index is -0.917. The van der Waals surface area contributed by atoms with Crippen LogP contribution in [0.5, 0.6) is 0 Å². The number of amides is 2. The summed E-state index contributed by atoms with van der Waals surface area (Å²) in [4.78, 5) is 23.0. The molecule has 0 aliphatic carbocycles. The van der Waals surface area contributed by atoms with Crippen LogP contribution in [0.2, 0.25) is 0 Å². The van der Waals surface area contributed by atoms with Crippen LogP contribution in [-0.4, -0.2) is 23.1 Å². The third-order valence-electron chi connectivity index (χ3n) is 3.49. The Hall–Kier alpha value is -2.04. The molecule has 21 heavy (non-hydrogen) atoms. The number of aliphatic carboxylic acids is 1. The SMILES string of the molecule is CCc1cccc(C)c1NC(=O)NC(CC(=O)O)C(C)C. The van der Waals surface area contributed by atoms with E-state index in [9.17, 15) is 9.59 Å². The second kappa shape index (κ2) is 7.67. The fourth-order valence-electron chi connectivity index (χ4n) is 2.16. The van der Waals surface area contributed by atoms with Gasteiger partial charge in [0, 0.05) is 11.7 Å². The van der Waals surface area contributed by atoms with Crippen molar-refractivity contribution in [1.29, 1.82) is 0 Å². The number of rotatable bonds is 6. The molecule has 1 atom stereocenters. The Bertz CT molecular complexity index is 512. The van der Waals surface area contributed by atoms with Gasteiger partial charge < -0.3 is 15.7 Å². The predicted molar refractivity (Wildman–Crippen MR) is 83.6 cm³/mol. The first-order valence-electron chi connectivity index (χ1n) is 7.23. The predicted octanol–water partition coefficient (Wildman–Crippen LogP) is 3.18. The van der Waals surface area contributed by atoms with E-state index in [2.05, 4.69) is 10.6 Å². The number of carboxylic acid groups (broad SMARTS) is 1. The van der Waals surface area contributed by atoms with Crippen molar-refractivity contribution in [2.45, 2.75) is 46.6 Å². The quantitative estimate of drug-likeness (QED) is 0.753. The Morgan fingerprint density at radius 1 is 1.29 bits per heavy atom. The van der Waals surface area contributed by atoms with E-state index in [0.29, 0.717) is 0 Å². The third kappa shape index (κ3) is 5.10. The van der Waals surface area contributed by atoms with Crippen LogP contribution in [-0.2, 0) is 11.2 Å². The summed E-state index contributed by atoms with van der Waals surface area (Å²) in [6.07, 6.45) is 0.736. The summed E-state index contributed by atoms with van der Waals surface area (Å²) in [5.74, 6) is -0.867. The molecule has 116 valence electrons. The van der Waals surface area contributed by atoms with Crippen LogP contribution in [0.25, 0.3) is 0 Å². The molecule has 0 saturated carbocycles. The van der Waals surface area contributed by atoms with Gasteiger partial charge in [0.05, 0.1) is 6.42 Å². The van der Waals surface area contributed by atoms with Crippen molar-refractivity contribution < 1.29 is 14.7 Å². The Morgan fingerprint density at radius 3 is 2.48 bits per heavy atom. The highest BCUT2D eigenvalue weighted by Gasteiger charge is 2.20. The molecule has 0 radical (unpaired) electrons. The molecule has 5 nitrogen and oxygen atoms in total. The smallest absolute Gasteiger partial charge is 0.319 e. The van der Waals surface area contributed by atoms with Crippen LogP contribution in [0.1, 0.15) is 38.3 Å². The van der Waals surface area contributed by atoms with E-state index in [-0.39, 0.29) is 18.4 Å². The number of hydrogen-bond donors (Lipinski definition) is 3. The lowest BCUT2D eigenvalue weighted by atomic mass is 10.0. The lowest BCUT2D eigenvalue weighted by molar-refractivity contribution is -0.137. The average Bonchev–Trinajstić information content (AvgIpc) is 2.39. The Kier molecular flexibility index (Phi) is 6.21. The summed E-state index contributed by atoms with van der Waals surface area (Å²) < 4.78 is 0. The molecule has 0 saturated heterocycles. The topological polar surface area (TPSA) is 78.4 Å². The van der Waals surface area contributed by atoms with E-state index in [4.69, 9.17) is 5.11 Å². The number of aryl methyl sites for hydroxylation is 2. The maximum absolute atomic E-state index is 12.1. The van der Waals surface area contributed by atoms with E-state index in [1.807, 2.05) is 45.9 Å². The molecule has 0 fully saturated rings. The van der Waals surface area contributed by atoms with Crippen LogP contribution in [0, 0.1) is 12.8 Å². The van der Waals surface area contributed by atoms with Crippen LogP contribution in [0.3, 0.4) is 0 Å². The van der Waals surface area contributed by atoms with Gasteiger partial charge in [-0.25, -0.2) is 4.79 Å². The van der Waals surface area contributed by atoms with Gasteiger partial charge in [-0.3, -0.25) is 4.79 Å². The van der Waals surface area contributed by atoms with Crippen molar-refractivity contribution in [1.82, 2.24) is 5.32 Å². The molecule has 0 heterocycles. The van der Waals surface area contributed by atoms with Gasteiger partial charge in [0.15, 0.2) is 0 Å². The maximum Gasteiger partial charge on any atom is 0.319 e. The molecule has 1 rings (SSSR count). The molecule has 3 N–H and O–H groups in total. The van der Waals surface area contributed by atoms with Gasteiger partial charge in [-0.2, -0.15) is 0 Å². The Labute approximate surface area is 125 Å². The van der Waals surface area contributed by atoms with E-state index in [0.717, 1.165) is 23.2 Å². The largest absolute Gasteiger partial charge is 0.481 e. The van der Waals surface area contributed by atoms with E-state index in [1.54, 1.807) is 0 Å². The monoisotopic (exact) mass is 292 g/mol. The summed E-state index contributed by atoms with van der Waals surface area (Å²) >= 11 is 0. The number of urea groups is 1. The van der Waals surface area contributed by atoms with Gasteiger partial charge in [0.25, 0.3) is 0 Å². The lowest BCUT2D eigenvalue weighted by Gasteiger charge is -2.22. The molecule has 1 aromatic carbocycles. The van der Waals surface area contributed by atoms with Crippen LogP contribution in [0.4, 0.5) is 10.5 Å². The highest BCUT2D eigenvalue weighted by molar-refractivity contribution is 5.91. The molecular weight excluding hydrogens is 268 g/mol. The molecular formula is C16H24N2O3. The molecule has 2 amide bonds. The molecule has 0 bridgehead atoms. The van der Waals surface area contributed by atoms with Gasteiger partial charge in [0.2, 0.25) is 0 Å². The zero-order valence-electron chi connectivity index (χ0n) is 13.1. The highest BCUT2D eigenvalue weighted by atomic mass is 16.4. The molecule has 0 aliphatic rings. The van der Waals surface area contributed by atoms with Crippen molar-refractivity contribution >= 4 is 17.7 Å². The number of para-hydroxylation sites is 1. The minimum Gasteiger partial charge on any atom is -0.481 e. The first kappa shape index (κ1) is 17.0.